The zero-order chi connectivity index (χ0) is 12.5. The molecule has 1 atom stereocenters. The number of rotatable bonds is 4. The van der Waals surface area contributed by atoms with Crippen molar-refractivity contribution in [3.8, 4) is 0 Å². The quantitative estimate of drug-likeness (QED) is 0.809. The van der Waals surface area contributed by atoms with Gasteiger partial charge in [-0.15, -0.1) is 3.89 Å². The zero-order valence-corrected chi connectivity index (χ0v) is 9.91. The summed E-state index contributed by atoms with van der Waals surface area (Å²) in [5.41, 5.74) is 0.877. The van der Waals surface area contributed by atoms with Crippen LogP contribution in [0.2, 0.25) is 0 Å². The van der Waals surface area contributed by atoms with Crippen molar-refractivity contribution in [3.63, 3.8) is 0 Å². The molecule has 0 aliphatic carbocycles. The van der Waals surface area contributed by atoms with E-state index in [1.165, 1.54) is 0 Å². The third-order valence-electron chi connectivity index (χ3n) is 2.75. The minimum Gasteiger partial charge on any atom is -0.364 e. The van der Waals surface area contributed by atoms with Crippen LogP contribution in [0.1, 0.15) is 12.1 Å². The summed E-state index contributed by atoms with van der Waals surface area (Å²) < 4.78 is 33.5. The van der Waals surface area contributed by atoms with Gasteiger partial charge >= 0.3 is 10.2 Å². The average molecular weight is 260 g/mol. The van der Waals surface area contributed by atoms with Gasteiger partial charge in [-0.2, -0.15) is 8.42 Å². The number of carbonyl (C=O) groups excluding carboxylic acids is 1. The Hall–Kier alpha value is -1.37. The molecule has 94 valence electrons. The number of hydrogen-bond acceptors (Lipinski definition) is 3. The molecule has 2 heterocycles. The number of nitrogens with zero attached hydrogens (tertiary/aromatic N) is 1. The molecule has 1 aliphatic rings. The minimum absolute atomic E-state index is 0.101. The number of aromatic amines is 1. The number of hydrogen-bond donors (Lipinski definition) is 1. The maximum atomic E-state index is 12.5. The minimum atomic E-state index is -4.50. The molecular formula is C10H13FN2O3S. The number of amides is 1. The molecule has 17 heavy (non-hydrogen) atoms. The first kappa shape index (κ1) is 12.1. The maximum Gasteiger partial charge on any atom is 0.302 e. The molecular weight excluding hydrogens is 247 g/mol. The van der Waals surface area contributed by atoms with E-state index in [2.05, 4.69) is 4.98 Å². The van der Waals surface area contributed by atoms with Crippen molar-refractivity contribution in [1.29, 1.82) is 0 Å². The van der Waals surface area contributed by atoms with Gasteiger partial charge in [-0.25, -0.2) is 0 Å². The van der Waals surface area contributed by atoms with Gasteiger partial charge in [-0.3, -0.25) is 4.79 Å². The van der Waals surface area contributed by atoms with Gasteiger partial charge in [0.2, 0.25) is 5.91 Å². The van der Waals surface area contributed by atoms with Crippen molar-refractivity contribution < 1.29 is 17.1 Å². The van der Waals surface area contributed by atoms with Crippen LogP contribution >= 0.6 is 0 Å². The predicted octanol–water partition coefficient (Wildman–Crippen LogP) is 0.663. The maximum absolute atomic E-state index is 12.5. The molecule has 1 aromatic rings. The monoisotopic (exact) mass is 260 g/mol. The van der Waals surface area contributed by atoms with E-state index in [4.69, 9.17) is 0 Å². The van der Waals surface area contributed by atoms with Crippen LogP contribution in [0.4, 0.5) is 3.89 Å². The molecule has 1 N–H and O–H groups in total. The normalized spacial score (nSPS) is 21.1. The first-order valence-electron chi connectivity index (χ1n) is 5.26. The molecule has 0 aromatic carbocycles. The molecule has 1 aliphatic heterocycles. The van der Waals surface area contributed by atoms with Crippen LogP contribution in [-0.4, -0.2) is 36.5 Å². The van der Waals surface area contributed by atoms with Crippen LogP contribution in [0.15, 0.2) is 18.3 Å². The Bertz CT molecular complexity index is 498. The Kier molecular flexibility index (Phi) is 3.19. The van der Waals surface area contributed by atoms with Crippen LogP contribution < -0.4 is 0 Å². The van der Waals surface area contributed by atoms with Crippen molar-refractivity contribution in [2.75, 3.05) is 12.3 Å². The molecule has 2 rings (SSSR count). The van der Waals surface area contributed by atoms with Crippen molar-refractivity contribution >= 4 is 16.1 Å². The van der Waals surface area contributed by atoms with Gasteiger partial charge in [0, 0.05) is 30.8 Å². The summed E-state index contributed by atoms with van der Waals surface area (Å²) in [5.74, 6) is -1.14. The highest BCUT2D eigenvalue weighted by Gasteiger charge is 2.32. The topological polar surface area (TPSA) is 70.2 Å². The van der Waals surface area contributed by atoms with Crippen LogP contribution in [0, 0.1) is 5.92 Å². The number of likely N-dealkylation sites (tertiary alicyclic amines) is 1. The second kappa shape index (κ2) is 4.48. The van der Waals surface area contributed by atoms with E-state index >= 15 is 0 Å². The van der Waals surface area contributed by atoms with Crippen LogP contribution in [-0.2, 0) is 21.6 Å². The Labute approximate surface area is 98.8 Å². The molecule has 7 heteroatoms. The number of carbonyl (C=O) groups is 1. The summed E-state index contributed by atoms with van der Waals surface area (Å²) in [6.07, 6.45) is 1.85. The first-order valence-corrected chi connectivity index (χ1v) is 6.81. The lowest BCUT2D eigenvalue weighted by molar-refractivity contribution is -0.128. The van der Waals surface area contributed by atoms with E-state index < -0.39 is 21.9 Å². The highest BCUT2D eigenvalue weighted by atomic mass is 32.3. The standard InChI is InChI=1S/C10H13FN2O3S/c11-17(15,16)7-8-4-10(14)13(5-8)6-9-2-1-3-12-9/h1-3,8,12H,4-7H2. The molecule has 0 spiro atoms. The number of nitrogens with one attached hydrogen (secondary N) is 1. The molecule has 0 saturated carbocycles. The highest BCUT2D eigenvalue weighted by Crippen LogP contribution is 2.21. The van der Waals surface area contributed by atoms with Gasteiger partial charge in [0.15, 0.2) is 0 Å². The summed E-state index contributed by atoms with van der Waals surface area (Å²) in [4.78, 5) is 16.1. The summed E-state index contributed by atoms with van der Waals surface area (Å²) in [6.45, 7) is 0.704. The first-order chi connectivity index (χ1) is 7.94. The Morgan fingerprint density at radius 3 is 2.88 bits per heavy atom. The van der Waals surface area contributed by atoms with E-state index in [9.17, 15) is 17.1 Å². The lowest BCUT2D eigenvalue weighted by atomic mass is 10.1. The molecule has 1 fully saturated rings. The molecule has 1 aromatic heterocycles. The SMILES string of the molecule is O=C1CC(CS(=O)(=O)F)CN1Cc1ccc[nH]1. The molecule has 5 nitrogen and oxygen atoms in total. The third kappa shape index (κ3) is 3.29. The second-order valence-electron chi connectivity index (χ2n) is 4.25. The second-order valence-corrected chi connectivity index (χ2v) is 5.66. The fourth-order valence-electron chi connectivity index (χ4n) is 2.07. The highest BCUT2D eigenvalue weighted by molar-refractivity contribution is 7.86. The fraction of sp³-hybridized carbons (Fsp3) is 0.500. The summed E-state index contributed by atoms with van der Waals surface area (Å²) in [6, 6.07) is 3.66. The summed E-state index contributed by atoms with van der Waals surface area (Å²) in [7, 11) is -4.50. The van der Waals surface area contributed by atoms with E-state index in [0.29, 0.717) is 13.1 Å². The smallest absolute Gasteiger partial charge is 0.302 e. The summed E-state index contributed by atoms with van der Waals surface area (Å²) >= 11 is 0. The van der Waals surface area contributed by atoms with E-state index in [1.807, 2.05) is 12.1 Å². The predicted molar refractivity (Wildman–Crippen MR) is 59.2 cm³/mol. The van der Waals surface area contributed by atoms with E-state index in [-0.39, 0.29) is 12.3 Å². The van der Waals surface area contributed by atoms with Gasteiger partial charge in [0.25, 0.3) is 0 Å². The van der Waals surface area contributed by atoms with E-state index in [1.54, 1.807) is 11.1 Å². The average Bonchev–Trinajstić information content (AvgIpc) is 2.75. The van der Waals surface area contributed by atoms with Crippen molar-refractivity contribution in [1.82, 2.24) is 9.88 Å². The van der Waals surface area contributed by atoms with Crippen molar-refractivity contribution in [2.45, 2.75) is 13.0 Å². The zero-order valence-electron chi connectivity index (χ0n) is 9.10. The van der Waals surface area contributed by atoms with Crippen molar-refractivity contribution in [2.24, 2.45) is 5.92 Å². The molecule has 0 radical (unpaired) electrons. The van der Waals surface area contributed by atoms with Gasteiger partial charge in [-0.1, -0.05) is 0 Å². The van der Waals surface area contributed by atoms with Crippen LogP contribution in [0.25, 0.3) is 0 Å². The van der Waals surface area contributed by atoms with Gasteiger partial charge < -0.3 is 9.88 Å². The Balaban J connectivity index is 1.96. The molecule has 1 unspecified atom stereocenters. The Morgan fingerprint density at radius 1 is 1.53 bits per heavy atom. The van der Waals surface area contributed by atoms with Crippen molar-refractivity contribution in [3.05, 3.63) is 24.0 Å². The lowest BCUT2D eigenvalue weighted by Gasteiger charge is -2.15. The van der Waals surface area contributed by atoms with Gasteiger partial charge in [0.1, 0.15) is 0 Å². The summed E-state index contributed by atoms with van der Waals surface area (Å²) in [5, 5.41) is 0. The van der Waals surface area contributed by atoms with Gasteiger partial charge in [0.05, 0.1) is 12.3 Å². The Morgan fingerprint density at radius 2 is 2.29 bits per heavy atom. The largest absolute Gasteiger partial charge is 0.364 e. The molecule has 1 amide bonds. The third-order valence-corrected chi connectivity index (χ3v) is 3.62. The molecule has 0 bridgehead atoms. The number of aromatic nitrogens is 1. The number of H-pyrrole nitrogens is 1. The van der Waals surface area contributed by atoms with Gasteiger partial charge in [-0.05, 0) is 12.1 Å². The van der Waals surface area contributed by atoms with Crippen LogP contribution in [0.5, 0.6) is 0 Å². The molecule has 1 saturated heterocycles. The van der Waals surface area contributed by atoms with Crippen LogP contribution in [0.3, 0.4) is 0 Å². The number of halogens is 1. The van der Waals surface area contributed by atoms with E-state index in [0.717, 1.165) is 5.69 Å². The fourth-order valence-corrected chi connectivity index (χ4v) is 2.86. The lowest BCUT2D eigenvalue weighted by Crippen LogP contribution is -2.25.